The number of carbonyl (C=O) groups is 1. The maximum atomic E-state index is 12.7. The molecular formula is C26H33N5O2. The maximum Gasteiger partial charge on any atom is 0.321 e. The number of ether oxygens (including phenoxy) is 1. The maximum absolute atomic E-state index is 12.7. The number of urea groups is 1. The number of unbranched alkanes of at least 4 members (excludes halogenated alkanes) is 1. The van der Waals surface area contributed by atoms with Gasteiger partial charge in [0.15, 0.2) is 0 Å². The average molecular weight is 448 g/mol. The molecule has 0 radical (unpaired) electrons. The molecule has 0 atom stereocenters. The minimum atomic E-state index is -0.0460. The fraction of sp³-hybridized carbons (Fsp3) is 0.385. The molecule has 1 aromatic heterocycles. The SMILES string of the molecule is CCCCOc1ccc(NC(=O)N2CCN(CCn3ccnc3-c3ccccc3)CC2)cc1. The molecule has 1 N–H and O–H groups in total. The molecule has 2 aromatic carbocycles. The van der Waals surface area contributed by atoms with Gasteiger partial charge in [0.05, 0.1) is 6.61 Å². The fourth-order valence-corrected chi connectivity index (χ4v) is 3.93. The number of hydrogen-bond acceptors (Lipinski definition) is 4. The third kappa shape index (κ3) is 6.35. The molecular weight excluding hydrogens is 414 g/mol. The Balaban J connectivity index is 1.21. The van der Waals surface area contributed by atoms with Gasteiger partial charge in [-0.15, -0.1) is 0 Å². The molecule has 0 spiro atoms. The summed E-state index contributed by atoms with van der Waals surface area (Å²) in [4.78, 5) is 21.5. The van der Waals surface area contributed by atoms with E-state index in [-0.39, 0.29) is 6.03 Å². The second-order valence-electron chi connectivity index (χ2n) is 8.30. The Morgan fingerprint density at radius 1 is 1.00 bits per heavy atom. The first-order valence-electron chi connectivity index (χ1n) is 11.8. The average Bonchev–Trinajstić information content (AvgIpc) is 3.33. The number of hydrogen-bond donors (Lipinski definition) is 1. The Morgan fingerprint density at radius 3 is 2.48 bits per heavy atom. The lowest BCUT2D eigenvalue weighted by Crippen LogP contribution is -2.50. The van der Waals surface area contributed by atoms with Crippen molar-refractivity contribution in [3.63, 3.8) is 0 Å². The van der Waals surface area contributed by atoms with E-state index in [1.54, 1.807) is 0 Å². The molecule has 1 aliphatic rings. The van der Waals surface area contributed by atoms with Crippen LogP contribution in [0.1, 0.15) is 19.8 Å². The smallest absolute Gasteiger partial charge is 0.321 e. The molecule has 7 heteroatoms. The van der Waals surface area contributed by atoms with Gasteiger partial charge in [-0.2, -0.15) is 0 Å². The van der Waals surface area contributed by atoms with Crippen molar-refractivity contribution in [2.45, 2.75) is 26.3 Å². The third-order valence-corrected chi connectivity index (χ3v) is 5.94. The van der Waals surface area contributed by atoms with Gasteiger partial charge >= 0.3 is 6.03 Å². The molecule has 3 aromatic rings. The van der Waals surface area contributed by atoms with E-state index in [4.69, 9.17) is 4.74 Å². The van der Waals surface area contributed by atoms with Crippen LogP contribution in [0.4, 0.5) is 10.5 Å². The predicted octanol–water partition coefficient (Wildman–Crippen LogP) is 4.58. The highest BCUT2D eigenvalue weighted by Gasteiger charge is 2.21. The largest absolute Gasteiger partial charge is 0.494 e. The van der Waals surface area contributed by atoms with E-state index in [0.29, 0.717) is 0 Å². The number of nitrogens with zero attached hydrogens (tertiary/aromatic N) is 4. The Bertz CT molecular complexity index is 995. The van der Waals surface area contributed by atoms with Crippen LogP contribution in [-0.4, -0.2) is 64.7 Å². The number of imidazole rings is 1. The zero-order chi connectivity index (χ0) is 22.9. The van der Waals surface area contributed by atoms with Crippen molar-refractivity contribution >= 4 is 11.7 Å². The van der Waals surface area contributed by atoms with Gasteiger partial charge in [0.1, 0.15) is 11.6 Å². The number of carbonyl (C=O) groups excluding carboxylic acids is 1. The molecule has 0 aliphatic carbocycles. The van der Waals surface area contributed by atoms with Crippen LogP contribution in [0.5, 0.6) is 5.75 Å². The number of benzene rings is 2. The lowest BCUT2D eigenvalue weighted by atomic mass is 10.2. The second-order valence-corrected chi connectivity index (χ2v) is 8.30. The summed E-state index contributed by atoms with van der Waals surface area (Å²) in [5.41, 5.74) is 1.92. The quantitative estimate of drug-likeness (QED) is 0.488. The van der Waals surface area contributed by atoms with Crippen LogP contribution in [0.3, 0.4) is 0 Å². The minimum absolute atomic E-state index is 0.0460. The van der Waals surface area contributed by atoms with Gasteiger partial charge in [-0.25, -0.2) is 9.78 Å². The summed E-state index contributed by atoms with van der Waals surface area (Å²) in [6.45, 7) is 7.86. The van der Waals surface area contributed by atoms with Crippen molar-refractivity contribution in [2.75, 3.05) is 44.6 Å². The van der Waals surface area contributed by atoms with Crippen LogP contribution < -0.4 is 10.1 Å². The number of anilines is 1. The van der Waals surface area contributed by atoms with E-state index in [1.807, 2.05) is 59.8 Å². The van der Waals surface area contributed by atoms with E-state index < -0.39 is 0 Å². The summed E-state index contributed by atoms with van der Waals surface area (Å²) >= 11 is 0. The highest BCUT2D eigenvalue weighted by Crippen LogP contribution is 2.18. The van der Waals surface area contributed by atoms with E-state index in [2.05, 4.69) is 38.8 Å². The van der Waals surface area contributed by atoms with Gasteiger partial charge in [-0.05, 0) is 30.7 Å². The Labute approximate surface area is 196 Å². The Morgan fingerprint density at radius 2 is 1.76 bits per heavy atom. The summed E-state index contributed by atoms with van der Waals surface area (Å²) in [7, 11) is 0. The topological polar surface area (TPSA) is 62.6 Å². The molecule has 1 fully saturated rings. The summed E-state index contributed by atoms with van der Waals surface area (Å²) in [6, 6.07) is 17.8. The second kappa shape index (κ2) is 11.5. The lowest BCUT2D eigenvalue weighted by Gasteiger charge is -2.34. The number of rotatable bonds is 9. The van der Waals surface area contributed by atoms with Crippen molar-refractivity contribution in [2.24, 2.45) is 0 Å². The van der Waals surface area contributed by atoms with Crippen molar-refractivity contribution in [1.29, 1.82) is 0 Å². The zero-order valence-corrected chi connectivity index (χ0v) is 19.3. The number of nitrogens with one attached hydrogen (secondary N) is 1. The van der Waals surface area contributed by atoms with Crippen LogP contribution in [0.15, 0.2) is 67.0 Å². The normalized spacial score (nSPS) is 14.3. The third-order valence-electron chi connectivity index (χ3n) is 5.94. The van der Waals surface area contributed by atoms with Crippen LogP contribution >= 0.6 is 0 Å². The van der Waals surface area contributed by atoms with Crippen molar-refractivity contribution in [3.8, 4) is 17.1 Å². The first-order chi connectivity index (χ1) is 16.2. The van der Waals surface area contributed by atoms with E-state index in [0.717, 1.165) is 81.5 Å². The van der Waals surface area contributed by atoms with Gasteiger partial charge in [0.2, 0.25) is 0 Å². The van der Waals surface area contributed by atoms with Crippen LogP contribution in [0.25, 0.3) is 11.4 Å². The molecule has 0 bridgehead atoms. The molecule has 174 valence electrons. The lowest BCUT2D eigenvalue weighted by molar-refractivity contribution is 0.144. The zero-order valence-electron chi connectivity index (χ0n) is 19.3. The molecule has 1 saturated heterocycles. The number of piperazine rings is 1. The number of aromatic nitrogens is 2. The summed E-state index contributed by atoms with van der Waals surface area (Å²) in [5.74, 6) is 1.83. The van der Waals surface area contributed by atoms with E-state index in [9.17, 15) is 4.79 Å². The van der Waals surface area contributed by atoms with Gasteiger partial charge in [-0.1, -0.05) is 43.7 Å². The fourth-order valence-electron chi connectivity index (χ4n) is 3.93. The van der Waals surface area contributed by atoms with Crippen molar-refractivity contribution < 1.29 is 9.53 Å². The molecule has 33 heavy (non-hydrogen) atoms. The molecule has 4 rings (SSSR count). The first-order valence-corrected chi connectivity index (χ1v) is 11.8. The van der Waals surface area contributed by atoms with E-state index >= 15 is 0 Å². The van der Waals surface area contributed by atoms with E-state index in [1.165, 1.54) is 0 Å². The van der Waals surface area contributed by atoms with Gasteiger partial charge in [-0.3, -0.25) is 4.90 Å². The molecule has 0 unspecified atom stereocenters. The minimum Gasteiger partial charge on any atom is -0.494 e. The Hall–Kier alpha value is -3.32. The van der Waals surface area contributed by atoms with Crippen molar-refractivity contribution in [3.05, 3.63) is 67.0 Å². The van der Waals surface area contributed by atoms with Gasteiger partial charge < -0.3 is 19.5 Å². The van der Waals surface area contributed by atoms with Gasteiger partial charge in [0, 0.05) is 62.9 Å². The highest BCUT2D eigenvalue weighted by molar-refractivity contribution is 5.89. The Kier molecular flexibility index (Phi) is 7.98. The summed E-state index contributed by atoms with van der Waals surface area (Å²) in [5, 5.41) is 3.00. The van der Waals surface area contributed by atoms with Crippen LogP contribution in [0, 0.1) is 0 Å². The molecule has 1 aliphatic heterocycles. The molecule has 2 amide bonds. The first kappa shape index (κ1) is 22.9. The highest BCUT2D eigenvalue weighted by atomic mass is 16.5. The predicted molar refractivity (Wildman–Crippen MR) is 132 cm³/mol. The van der Waals surface area contributed by atoms with Crippen LogP contribution in [0.2, 0.25) is 0 Å². The summed E-state index contributed by atoms with van der Waals surface area (Å²) < 4.78 is 7.88. The van der Waals surface area contributed by atoms with Crippen LogP contribution in [-0.2, 0) is 6.54 Å². The molecule has 0 saturated carbocycles. The summed E-state index contributed by atoms with van der Waals surface area (Å²) in [6.07, 6.45) is 6.04. The van der Waals surface area contributed by atoms with Gasteiger partial charge in [0.25, 0.3) is 0 Å². The number of amides is 2. The monoisotopic (exact) mass is 447 g/mol. The standard InChI is InChI=1S/C26H33N5O2/c1-2-3-21-33-24-11-9-23(10-12-24)28-26(32)31-19-16-29(17-20-31)15-18-30-14-13-27-25(30)22-7-5-4-6-8-22/h4-14H,2-3,15-21H2,1H3,(H,28,32). The molecule has 7 nitrogen and oxygen atoms in total. The van der Waals surface area contributed by atoms with Crippen molar-refractivity contribution in [1.82, 2.24) is 19.4 Å². The molecule has 2 heterocycles.